The molecule has 0 spiro atoms. The van der Waals surface area contributed by atoms with Gasteiger partial charge < -0.3 is 4.90 Å². The third-order valence-corrected chi connectivity index (χ3v) is 9.36. The molecule has 0 radical (unpaired) electrons. The molecule has 1 aliphatic carbocycles. The minimum atomic E-state index is 0.833. The molecule has 0 aromatic carbocycles. The molecule has 238 valence electrons. The van der Waals surface area contributed by atoms with Crippen LogP contribution >= 0.6 is 0 Å². The van der Waals surface area contributed by atoms with Gasteiger partial charge in [-0.1, -0.05) is 166 Å². The molecule has 0 aromatic heterocycles. The minimum absolute atomic E-state index is 0.833. The average Bonchev–Trinajstić information content (AvgIpc) is 2.95. The van der Waals surface area contributed by atoms with Gasteiger partial charge >= 0.3 is 0 Å². The van der Waals surface area contributed by atoms with Gasteiger partial charge in [-0.3, -0.25) is 0 Å². The van der Waals surface area contributed by atoms with E-state index in [-0.39, 0.29) is 0 Å². The molecule has 0 heterocycles. The fourth-order valence-electron chi connectivity index (χ4n) is 6.56. The number of allylic oxidation sites excluding steroid dienone is 5. The number of hydrogen-bond acceptors (Lipinski definition) is 1. The Labute approximate surface area is 259 Å². The lowest BCUT2D eigenvalue weighted by molar-refractivity contribution is 0.383. The van der Waals surface area contributed by atoms with Crippen LogP contribution in [0, 0.1) is 11.8 Å². The minimum Gasteiger partial charge on any atom is -0.309 e. The number of hydrogen-bond donors (Lipinski definition) is 0. The zero-order chi connectivity index (χ0) is 29.6. The summed E-state index contributed by atoms with van der Waals surface area (Å²) in [4.78, 5) is 2.30. The van der Waals surface area contributed by atoms with Gasteiger partial charge in [0, 0.05) is 0 Å². The van der Waals surface area contributed by atoms with Gasteiger partial charge in [-0.25, -0.2) is 0 Å². The van der Waals surface area contributed by atoms with Gasteiger partial charge in [0.25, 0.3) is 0 Å². The molecular weight excluding hydrogens is 494 g/mol. The predicted octanol–water partition coefficient (Wildman–Crippen LogP) is 13.2. The van der Waals surface area contributed by atoms with E-state index < -0.39 is 0 Å². The maximum Gasteiger partial charge on any atom is -0.00216 e. The van der Waals surface area contributed by atoms with Crippen molar-refractivity contribution in [1.29, 1.82) is 0 Å². The molecule has 0 fully saturated rings. The van der Waals surface area contributed by atoms with Crippen molar-refractivity contribution >= 4 is 0 Å². The Bertz CT molecular complexity index is 664. The molecule has 1 nitrogen and oxygen atoms in total. The molecule has 2 atom stereocenters. The second-order valence-corrected chi connectivity index (χ2v) is 13.8. The highest BCUT2D eigenvalue weighted by atomic mass is 15.0. The molecule has 0 bridgehead atoms. The molecule has 0 amide bonds. The fourth-order valence-corrected chi connectivity index (χ4v) is 6.56. The van der Waals surface area contributed by atoms with Crippen molar-refractivity contribution in [3.63, 3.8) is 0 Å². The monoisotopic (exact) mass is 568 g/mol. The van der Waals surface area contributed by atoms with E-state index in [0.29, 0.717) is 0 Å². The van der Waals surface area contributed by atoms with E-state index in [1.54, 1.807) is 0 Å². The van der Waals surface area contributed by atoms with Crippen molar-refractivity contribution in [2.75, 3.05) is 20.6 Å². The molecule has 0 saturated heterocycles. The molecule has 1 aliphatic rings. The molecule has 0 saturated carbocycles. The van der Waals surface area contributed by atoms with Crippen LogP contribution in [0.3, 0.4) is 0 Å². The zero-order valence-corrected chi connectivity index (χ0v) is 28.4. The van der Waals surface area contributed by atoms with E-state index in [1.165, 1.54) is 179 Å². The third-order valence-electron chi connectivity index (χ3n) is 9.36. The largest absolute Gasteiger partial charge is 0.309 e. The van der Waals surface area contributed by atoms with Crippen LogP contribution in [-0.2, 0) is 0 Å². The molecule has 1 heteroatoms. The van der Waals surface area contributed by atoms with E-state index >= 15 is 0 Å². The van der Waals surface area contributed by atoms with Crippen molar-refractivity contribution in [2.24, 2.45) is 11.8 Å². The van der Waals surface area contributed by atoms with Gasteiger partial charge in [0.2, 0.25) is 0 Å². The number of rotatable bonds is 6. The Hall–Kier alpha value is -1.04. The van der Waals surface area contributed by atoms with Gasteiger partial charge in [-0.15, -0.1) is 5.73 Å². The molecule has 0 N–H and O–H groups in total. The van der Waals surface area contributed by atoms with Crippen LogP contribution in [0.25, 0.3) is 0 Å². The molecule has 1 rings (SSSR count). The number of nitrogens with zero attached hydrogens (tertiary/aromatic N) is 1. The van der Waals surface area contributed by atoms with E-state index in [9.17, 15) is 0 Å². The van der Waals surface area contributed by atoms with E-state index in [4.69, 9.17) is 0 Å². The summed E-state index contributed by atoms with van der Waals surface area (Å²) in [5, 5.41) is 0. The summed E-state index contributed by atoms with van der Waals surface area (Å²) < 4.78 is 0. The highest BCUT2D eigenvalue weighted by molar-refractivity contribution is 5.02. The molecule has 0 aliphatic heterocycles. The van der Waals surface area contributed by atoms with Gasteiger partial charge in [0.05, 0.1) is 0 Å². The summed E-state index contributed by atoms with van der Waals surface area (Å²) in [5.74, 6) is 1.77. The van der Waals surface area contributed by atoms with Crippen LogP contribution in [0.2, 0.25) is 0 Å². The van der Waals surface area contributed by atoms with Crippen molar-refractivity contribution in [1.82, 2.24) is 4.90 Å². The first-order valence-corrected chi connectivity index (χ1v) is 18.5. The summed E-state index contributed by atoms with van der Waals surface area (Å²) >= 11 is 0. The van der Waals surface area contributed by atoms with Gasteiger partial charge in [-0.2, -0.15) is 0 Å². The lowest BCUT2D eigenvalue weighted by Crippen LogP contribution is -2.13. The Morgan fingerprint density at radius 3 is 1.51 bits per heavy atom. The summed E-state index contributed by atoms with van der Waals surface area (Å²) in [6, 6.07) is 0. The van der Waals surface area contributed by atoms with Crippen molar-refractivity contribution in [3.05, 3.63) is 42.2 Å². The molecule has 2 unspecified atom stereocenters. The average molecular weight is 568 g/mol. The van der Waals surface area contributed by atoms with Crippen LogP contribution in [0.4, 0.5) is 0 Å². The highest BCUT2D eigenvalue weighted by Crippen LogP contribution is 2.27. The van der Waals surface area contributed by atoms with Crippen LogP contribution in [0.5, 0.6) is 0 Å². The SMILES string of the molecule is C=C=C(CCCN(C)C)CC1CCCCC/C=C/C=C/CCCCCCCCC(C)CCCCCCCCCCC1. The van der Waals surface area contributed by atoms with Crippen LogP contribution in [-0.4, -0.2) is 25.5 Å². The first-order chi connectivity index (χ1) is 20.1. The topological polar surface area (TPSA) is 3.24 Å². The lowest BCUT2D eigenvalue weighted by Gasteiger charge is -2.19. The molecular formula is C40H73N. The first kappa shape index (κ1) is 38.0. The van der Waals surface area contributed by atoms with Crippen molar-refractivity contribution in [2.45, 2.75) is 180 Å². The van der Waals surface area contributed by atoms with E-state index in [1.807, 2.05) is 0 Å². The highest BCUT2D eigenvalue weighted by Gasteiger charge is 2.12. The maximum absolute atomic E-state index is 4.07. The van der Waals surface area contributed by atoms with Crippen LogP contribution in [0.15, 0.2) is 42.2 Å². The van der Waals surface area contributed by atoms with E-state index in [0.717, 1.165) is 18.4 Å². The standard InChI is InChI=1S/C40H73N/c1-5-39(35-30-36-41(3)4)37-40-33-28-24-20-16-12-10-8-6-7-9-11-14-18-22-26-31-38(2)32-27-23-19-15-13-17-21-25-29-34-40/h6,8,10,12,38,40H,1,7,9,11,13-37H2,2-4H3/b8-6+,12-10+. The predicted molar refractivity (Wildman–Crippen MR) is 187 cm³/mol. The molecule has 0 aromatic rings. The second-order valence-electron chi connectivity index (χ2n) is 13.8. The quantitative estimate of drug-likeness (QED) is 0.288. The fraction of sp³-hybridized carbons (Fsp3) is 0.825. The summed E-state index contributed by atoms with van der Waals surface area (Å²) in [6.07, 6.45) is 46.9. The Balaban J connectivity index is 2.47. The van der Waals surface area contributed by atoms with Gasteiger partial charge in [0.15, 0.2) is 0 Å². The summed E-state index contributed by atoms with van der Waals surface area (Å²) in [6.45, 7) is 7.72. The smallest absolute Gasteiger partial charge is 0.00216 e. The van der Waals surface area contributed by atoms with Crippen molar-refractivity contribution in [3.8, 4) is 0 Å². The summed E-state index contributed by atoms with van der Waals surface area (Å²) in [7, 11) is 4.35. The second kappa shape index (κ2) is 29.1. The van der Waals surface area contributed by atoms with Gasteiger partial charge in [-0.05, 0) is 83.0 Å². The van der Waals surface area contributed by atoms with Crippen LogP contribution in [0.1, 0.15) is 180 Å². The van der Waals surface area contributed by atoms with Gasteiger partial charge in [0.1, 0.15) is 0 Å². The Kier molecular flexibility index (Phi) is 26.9. The maximum atomic E-state index is 4.07. The Morgan fingerprint density at radius 2 is 1.05 bits per heavy atom. The lowest BCUT2D eigenvalue weighted by atomic mass is 9.87. The van der Waals surface area contributed by atoms with Crippen LogP contribution < -0.4 is 0 Å². The Morgan fingerprint density at radius 1 is 0.634 bits per heavy atom. The van der Waals surface area contributed by atoms with E-state index in [2.05, 4.69) is 62.5 Å². The third kappa shape index (κ3) is 26.3. The summed E-state index contributed by atoms with van der Waals surface area (Å²) in [5.41, 5.74) is 4.82. The normalized spacial score (nSPS) is 25.1. The van der Waals surface area contributed by atoms with Crippen molar-refractivity contribution < 1.29 is 0 Å². The zero-order valence-electron chi connectivity index (χ0n) is 28.4. The molecule has 41 heavy (non-hydrogen) atoms. The first-order valence-electron chi connectivity index (χ1n) is 18.5.